The highest BCUT2D eigenvalue weighted by Gasteiger charge is 2.21. The van der Waals surface area contributed by atoms with Crippen LogP contribution < -0.4 is 10.1 Å². The maximum Gasteiger partial charge on any atom is 0.119 e. The van der Waals surface area contributed by atoms with E-state index in [1.54, 1.807) is 19.5 Å². The van der Waals surface area contributed by atoms with Gasteiger partial charge in [-0.1, -0.05) is 6.07 Å². The van der Waals surface area contributed by atoms with Crippen LogP contribution in [0.3, 0.4) is 0 Å². The zero-order valence-corrected chi connectivity index (χ0v) is 12.8. The fourth-order valence-electron chi connectivity index (χ4n) is 3.09. The Morgan fingerprint density at radius 2 is 2.14 bits per heavy atom. The van der Waals surface area contributed by atoms with E-state index in [9.17, 15) is 5.11 Å². The van der Waals surface area contributed by atoms with Gasteiger partial charge in [0.05, 0.1) is 13.2 Å². The summed E-state index contributed by atoms with van der Waals surface area (Å²) in [5.74, 6) is 0.913. The Morgan fingerprint density at radius 3 is 2.91 bits per heavy atom. The average Bonchev–Trinajstić information content (AvgIpc) is 2.59. The third-order valence-electron chi connectivity index (χ3n) is 4.31. The van der Waals surface area contributed by atoms with E-state index in [-0.39, 0.29) is 0 Å². The van der Waals surface area contributed by atoms with E-state index in [1.165, 1.54) is 11.1 Å². The smallest absolute Gasteiger partial charge is 0.119 e. The van der Waals surface area contributed by atoms with E-state index in [1.807, 2.05) is 18.2 Å². The van der Waals surface area contributed by atoms with Crippen LogP contribution in [0, 0.1) is 0 Å². The van der Waals surface area contributed by atoms with E-state index >= 15 is 0 Å². The normalized spacial score (nSPS) is 18.5. The van der Waals surface area contributed by atoms with Crippen molar-refractivity contribution in [2.75, 3.05) is 13.7 Å². The first kappa shape index (κ1) is 15.0. The van der Waals surface area contributed by atoms with Crippen molar-refractivity contribution in [2.24, 2.45) is 0 Å². The third kappa shape index (κ3) is 3.29. The number of ether oxygens (including phenoxy) is 1. The molecule has 116 valence electrons. The van der Waals surface area contributed by atoms with Crippen molar-refractivity contribution < 1.29 is 9.84 Å². The molecule has 0 fully saturated rings. The van der Waals surface area contributed by atoms with Crippen LogP contribution in [0.1, 0.15) is 41.7 Å². The molecule has 4 nitrogen and oxygen atoms in total. The van der Waals surface area contributed by atoms with Gasteiger partial charge < -0.3 is 15.2 Å². The van der Waals surface area contributed by atoms with Crippen LogP contribution in [-0.2, 0) is 6.42 Å². The van der Waals surface area contributed by atoms with E-state index in [0.29, 0.717) is 12.6 Å². The molecular formula is C18H22N2O2. The Kier molecular flexibility index (Phi) is 4.71. The number of aliphatic hydroxyl groups excluding tert-OH is 1. The molecule has 0 spiro atoms. The number of pyridine rings is 1. The van der Waals surface area contributed by atoms with Gasteiger partial charge >= 0.3 is 0 Å². The van der Waals surface area contributed by atoms with Crippen molar-refractivity contribution in [3.63, 3.8) is 0 Å². The molecule has 0 saturated heterocycles. The molecule has 1 aliphatic carbocycles. The zero-order valence-electron chi connectivity index (χ0n) is 12.8. The number of hydrogen-bond donors (Lipinski definition) is 2. The predicted octanol–water partition coefficient (Wildman–Crippen LogP) is 2.79. The fourth-order valence-corrected chi connectivity index (χ4v) is 3.09. The topological polar surface area (TPSA) is 54.4 Å². The summed E-state index contributed by atoms with van der Waals surface area (Å²) < 4.78 is 5.31. The van der Waals surface area contributed by atoms with Gasteiger partial charge in [0.1, 0.15) is 5.75 Å². The molecule has 22 heavy (non-hydrogen) atoms. The van der Waals surface area contributed by atoms with Crippen molar-refractivity contribution in [3.05, 3.63) is 59.4 Å². The summed E-state index contributed by atoms with van der Waals surface area (Å²) in [6.07, 6.45) is 6.26. The van der Waals surface area contributed by atoms with E-state index in [4.69, 9.17) is 4.74 Å². The first-order chi connectivity index (χ1) is 10.8. The molecule has 2 unspecified atom stereocenters. The summed E-state index contributed by atoms with van der Waals surface area (Å²) in [4.78, 5) is 3.98. The van der Waals surface area contributed by atoms with Gasteiger partial charge in [0, 0.05) is 25.0 Å². The van der Waals surface area contributed by atoms with Crippen LogP contribution in [0.5, 0.6) is 5.75 Å². The molecular weight excluding hydrogens is 276 g/mol. The molecule has 0 radical (unpaired) electrons. The minimum atomic E-state index is -0.508. The first-order valence-corrected chi connectivity index (χ1v) is 7.76. The van der Waals surface area contributed by atoms with Gasteiger partial charge in [-0.3, -0.25) is 4.98 Å². The molecule has 4 heteroatoms. The molecule has 2 aromatic rings. The largest absolute Gasteiger partial charge is 0.497 e. The zero-order chi connectivity index (χ0) is 15.4. The van der Waals surface area contributed by atoms with Gasteiger partial charge in [0.15, 0.2) is 0 Å². The standard InChI is InChI=1S/C18H22N2O2/c1-22-15-5-6-16-14(11-15)3-2-4-17(16)20-12-18(21)13-7-9-19-10-8-13/h5-11,17-18,20-21H,2-4,12H2,1H3. The number of benzene rings is 1. The van der Waals surface area contributed by atoms with E-state index in [2.05, 4.69) is 22.4 Å². The molecule has 0 bridgehead atoms. The lowest BCUT2D eigenvalue weighted by Gasteiger charge is -2.28. The van der Waals surface area contributed by atoms with Crippen LogP contribution in [0.15, 0.2) is 42.7 Å². The van der Waals surface area contributed by atoms with E-state index in [0.717, 1.165) is 30.6 Å². The van der Waals surface area contributed by atoms with Crippen molar-refractivity contribution in [2.45, 2.75) is 31.4 Å². The monoisotopic (exact) mass is 298 g/mol. The number of aliphatic hydroxyl groups is 1. The number of hydrogen-bond acceptors (Lipinski definition) is 4. The Morgan fingerprint density at radius 1 is 1.32 bits per heavy atom. The van der Waals surface area contributed by atoms with Crippen LogP contribution in [-0.4, -0.2) is 23.7 Å². The number of aromatic nitrogens is 1. The molecule has 1 aromatic carbocycles. The second-order valence-electron chi connectivity index (χ2n) is 5.71. The van der Waals surface area contributed by atoms with Gasteiger partial charge in [-0.25, -0.2) is 0 Å². The van der Waals surface area contributed by atoms with Crippen molar-refractivity contribution in [3.8, 4) is 5.75 Å². The van der Waals surface area contributed by atoms with Gasteiger partial charge in [0.25, 0.3) is 0 Å². The molecule has 0 aliphatic heterocycles. The Labute approximate surface area is 131 Å². The summed E-state index contributed by atoms with van der Waals surface area (Å²) in [6, 6.07) is 10.3. The Bertz CT molecular complexity index is 616. The second-order valence-corrected chi connectivity index (χ2v) is 5.71. The predicted molar refractivity (Wildman–Crippen MR) is 85.9 cm³/mol. The van der Waals surface area contributed by atoms with Crippen LogP contribution in [0.2, 0.25) is 0 Å². The summed E-state index contributed by atoms with van der Waals surface area (Å²) in [5.41, 5.74) is 3.57. The highest BCUT2D eigenvalue weighted by molar-refractivity contribution is 5.39. The number of fused-ring (bicyclic) bond motifs is 1. The van der Waals surface area contributed by atoms with Gasteiger partial charge in [0.2, 0.25) is 0 Å². The second kappa shape index (κ2) is 6.90. The minimum Gasteiger partial charge on any atom is -0.497 e. The minimum absolute atomic E-state index is 0.297. The quantitative estimate of drug-likeness (QED) is 0.891. The van der Waals surface area contributed by atoms with Gasteiger partial charge in [-0.2, -0.15) is 0 Å². The lowest BCUT2D eigenvalue weighted by atomic mass is 9.87. The van der Waals surface area contributed by atoms with Crippen LogP contribution in [0.4, 0.5) is 0 Å². The van der Waals surface area contributed by atoms with Crippen LogP contribution >= 0.6 is 0 Å². The lowest BCUT2D eigenvalue weighted by molar-refractivity contribution is 0.168. The lowest BCUT2D eigenvalue weighted by Crippen LogP contribution is -2.29. The van der Waals surface area contributed by atoms with E-state index < -0.39 is 6.10 Å². The van der Waals surface area contributed by atoms with Crippen molar-refractivity contribution in [1.29, 1.82) is 0 Å². The number of nitrogens with one attached hydrogen (secondary N) is 1. The highest BCUT2D eigenvalue weighted by atomic mass is 16.5. The molecule has 3 rings (SSSR count). The van der Waals surface area contributed by atoms with Gasteiger partial charge in [-0.15, -0.1) is 0 Å². The Hall–Kier alpha value is -1.91. The summed E-state index contributed by atoms with van der Waals surface area (Å²) in [7, 11) is 1.70. The number of rotatable bonds is 5. The molecule has 0 saturated carbocycles. The Balaban J connectivity index is 1.67. The molecule has 1 aromatic heterocycles. The molecule has 2 N–H and O–H groups in total. The summed E-state index contributed by atoms with van der Waals surface area (Å²) in [6.45, 7) is 0.542. The third-order valence-corrected chi connectivity index (χ3v) is 4.31. The highest BCUT2D eigenvalue weighted by Crippen LogP contribution is 2.32. The summed E-state index contributed by atoms with van der Waals surface area (Å²) >= 11 is 0. The number of methoxy groups -OCH3 is 1. The molecule has 2 atom stereocenters. The maximum absolute atomic E-state index is 10.3. The maximum atomic E-state index is 10.3. The van der Waals surface area contributed by atoms with Crippen molar-refractivity contribution >= 4 is 0 Å². The number of aryl methyl sites for hydroxylation is 1. The fraction of sp³-hybridized carbons (Fsp3) is 0.389. The van der Waals surface area contributed by atoms with Crippen molar-refractivity contribution in [1.82, 2.24) is 10.3 Å². The van der Waals surface area contributed by atoms with Crippen LogP contribution in [0.25, 0.3) is 0 Å². The number of nitrogens with zero attached hydrogens (tertiary/aromatic N) is 1. The summed E-state index contributed by atoms with van der Waals surface area (Å²) in [5, 5.41) is 13.8. The molecule has 1 heterocycles. The SMILES string of the molecule is COc1ccc2c(c1)CCCC2NCC(O)c1ccncc1. The molecule has 1 aliphatic rings. The first-order valence-electron chi connectivity index (χ1n) is 7.76. The van der Waals surface area contributed by atoms with Gasteiger partial charge in [-0.05, 0) is 60.2 Å². The molecule has 0 amide bonds. The average molecular weight is 298 g/mol.